The molecule has 0 N–H and O–H groups in total. The van der Waals surface area contributed by atoms with Crippen molar-refractivity contribution in [1.29, 1.82) is 0 Å². The van der Waals surface area contributed by atoms with Crippen LogP contribution in [-0.2, 0) is 36.5 Å². The van der Waals surface area contributed by atoms with Gasteiger partial charge in [-0.3, -0.25) is 0 Å². The van der Waals surface area contributed by atoms with E-state index in [0.29, 0.717) is 37.7 Å². The van der Waals surface area contributed by atoms with Crippen LogP contribution in [0.3, 0.4) is 0 Å². The van der Waals surface area contributed by atoms with Gasteiger partial charge in [0.25, 0.3) is 0 Å². The maximum atomic E-state index is 12.6. The molecule has 0 fully saturated rings. The molecule has 0 aromatic rings. The molecule has 9 heteroatoms. The summed E-state index contributed by atoms with van der Waals surface area (Å²) in [5, 5.41) is 0. The summed E-state index contributed by atoms with van der Waals surface area (Å²) in [6.07, 6.45) is 5.93. The molecule has 0 saturated carbocycles. The molecule has 22 heavy (non-hydrogen) atoms. The van der Waals surface area contributed by atoms with E-state index in [2.05, 4.69) is 0 Å². The Hall–Kier alpha value is 0.870. The average molecular weight is 459 g/mol. The van der Waals surface area contributed by atoms with E-state index in [0.717, 1.165) is 19.3 Å². The normalized spacial score (nSPS) is 13.0. The summed E-state index contributed by atoms with van der Waals surface area (Å²) in [5.41, 5.74) is -5.33. The molecule has 0 aliphatic rings. The maximum absolute atomic E-state index is 12.6. The number of hydrogen-bond donors (Lipinski definition) is 0. The van der Waals surface area contributed by atoms with Gasteiger partial charge in [-0.1, -0.05) is 40.0 Å². The van der Waals surface area contributed by atoms with Crippen LogP contribution in [0, 0.1) is 0 Å². The van der Waals surface area contributed by atoms with E-state index in [4.69, 9.17) is 3.97 Å². The summed E-state index contributed by atoms with van der Waals surface area (Å²) in [6, 6.07) is 0. The fourth-order valence-electron chi connectivity index (χ4n) is 2.04. The van der Waals surface area contributed by atoms with Gasteiger partial charge in [-0.05, 0) is 19.3 Å². The predicted octanol–water partition coefficient (Wildman–Crippen LogP) is 5.18. The third kappa shape index (κ3) is 8.65. The van der Waals surface area contributed by atoms with Crippen molar-refractivity contribution in [3.05, 3.63) is 0 Å². The van der Waals surface area contributed by atoms with Crippen LogP contribution in [0.25, 0.3) is 0 Å². The Balaban J connectivity index is 0. The number of unbranched alkanes of at least 4 members (excludes halogenated alkanes) is 3. The second kappa shape index (κ2) is 11.4. The van der Waals surface area contributed by atoms with Gasteiger partial charge in [0, 0.05) is 22.4 Å². The minimum absolute atomic E-state index is 0. The Labute approximate surface area is 148 Å². The topological polar surface area (TPSA) is 43.4 Å². The maximum Gasteiger partial charge on any atom is 0.526 e. The number of alkyl halides is 3. The summed E-state index contributed by atoms with van der Waals surface area (Å²) in [4.78, 5) is 0. The van der Waals surface area contributed by atoms with Crippen LogP contribution in [0.5, 0.6) is 0 Å². The number of hydrogen-bond acceptors (Lipinski definition) is 3. The molecule has 0 bridgehead atoms. The van der Waals surface area contributed by atoms with Gasteiger partial charge in [-0.2, -0.15) is 21.6 Å². The quantitative estimate of drug-likeness (QED) is 0.243. The molecule has 0 aliphatic heterocycles. The van der Waals surface area contributed by atoms with Gasteiger partial charge in [0.1, 0.15) is 0 Å². The molecule has 3 nitrogen and oxygen atoms in total. The van der Waals surface area contributed by atoms with E-state index in [-0.39, 0.29) is 22.4 Å². The minimum atomic E-state index is -5.50. The number of rotatable bonds is 11. The third-order valence-corrected chi connectivity index (χ3v) is 9.31. The van der Waals surface area contributed by atoms with Crippen molar-refractivity contribution in [2.75, 3.05) is 18.5 Å². The van der Waals surface area contributed by atoms with Crippen LogP contribution >= 0.6 is 7.49 Å². The van der Waals surface area contributed by atoms with Gasteiger partial charge >= 0.3 is 15.6 Å². The van der Waals surface area contributed by atoms with E-state index in [1.54, 1.807) is 0 Å². The van der Waals surface area contributed by atoms with Crippen molar-refractivity contribution >= 4 is 17.6 Å². The zero-order chi connectivity index (χ0) is 16.6. The van der Waals surface area contributed by atoms with Crippen molar-refractivity contribution in [3.8, 4) is 0 Å². The van der Waals surface area contributed by atoms with E-state index in [1.807, 2.05) is 20.8 Å². The van der Waals surface area contributed by atoms with Crippen LogP contribution in [0.4, 0.5) is 13.2 Å². The van der Waals surface area contributed by atoms with Crippen molar-refractivity contribution in [2.24, 2.45) is 0 Å². The standard InChI is InChI=1S/C13H27F3O3PS.Ag/c1-4-7-10-20(11-8-5-2,12-9-6-3)19-21(17,18)13(14,15)16;/h4-12H2,1-3H3;/q+1;. The smallest absolute Gasteiger partial charge is 0.186 e. The van der Waals surface area contributed by atoms with Gasteiger partial charge in [-0.25, -0.2) is 0 Å². The fourth-order valence-corrected chi connectivity index (χ4v) is 8.28. The van der Waals surface area contributed by atoms with E-state index < -0.39 is 23.1 Å². The van der Waals surface area contributed by atoms with Crippen LogP contribution in [0.2, 0.25) is 0 Å². The molecule has 0 unspecified atom stereocenters. The zero-order valence-electron chi connectivity index (χ0n) is 13.4. The van der Waals surface area contributed by atoms with Crippen molar-refractivity contribution in [1.82, 2.24) is 0 Å². The first-order valence-electron chi connectivity index (χ1n) is 7.52. The third-order valence-electron chi connectivity index (χ3n) is 3.30. The summed E-state index contributed by atoms with van der Waals surface area (Å²) < 4.78 is 65.6. The molecule has 0 aromatic carbocycles. The van der Waals surface area contributed by atoms with Crippen LogP contribution in [-0.4, -0.2) is 32.4 Å². The first kappa shape index (κ1) is 25.1. The molecule has 0 spiro atoms. The molecule has 0 atom stereocenters. The molecule has 0 rings (SSSR count). The van der Waals surface area contributed by atoms with Crippen molar-refractivity contribution in [3.63, 3.8) is 0 Å². The molecule has 0 saturated heterocycles. The average Bonchev–Trinajstić information content (AvgIpc) is 2.38. The molecule has 0 aliphatic carbocycles. The largest absolute Gasteiger partial charge is 0.526 e. The second-order valence-corrected chi connectivity index (χ2v) is 10.7. The fraction of sp³-hybridized carbons (Fsp3) is 1.00. The SMILES string of the molecule is CCCC[P+](CCCC)(CCCC)OS(=O)(=O)C(F)(F)F.[Ag]. The first-order chi connectivity index (χ1) is 9.64. The molecule has 1 radical (unpaired) electrons. The summed E-state index contributed by atoms with van der Waals surface area (Å²) in [6.45, 7) is 5.81. The van der Waals surface area contributed by atoms with Gasteiger partial charge in [0.15, 0.2) is 7.49 Å². The van der Waals surface area contributed by atoms with Gasteiger partial charge in [-0.15, -0.1) is 3.97 Å². The molecular weight excluding hydrogens is 432 g/mol. The van der Waals surface area contributed by atoms with Crippen molar-refractivity contribution < 1.29 is 47.9 Å². The van der Waals surface area contributed by atoms with E-state index in [1.165, 1.54) is 0 Å². The van der Waals surface area contributed by atoms with Crippen LogP contribution in [0.15, 0.2) is 0 Å². The van der Waals surface area contributed by atoms with Gasteiger partial charge in [0.2, 0.25) is 0 Å². The Morgan fingerprint density at radius 2 is 1.18 bits per heavy atom. The van der Waals surface area contributed by atoms with Crippen LogP contribution < -0.4 is 0 Å². The zero-order valence-corrected chi connectivity index (χ0v) is 16.6. The molecule has 0 amide bonds. The summed E-state index contributed by atoms with van der Waals surface area (Å²) >= 11 is 0. The predicted molar refractivity (Wildman–Crippen MR) is 82.3 cm³/mol. The van der Waals surface area contributed by atoms with Crippen LogP contribution in [0.1, 0.15) is 59.3 Å². The Morgan fingerprint density at radius 3 is 1.41 bits per heavy atom. The molecule has 0 aromatic heterocycles. The minimum Gasteiger partial charge on any atom is -0.186 e. The van der Waals surface area contributed by atoms with E-state index in [9.17, 15) is 21.6 Å². The number of halogens is 3. The summed E-state index contributed by atoms with van der Waals surface area (Å²) in [5.74, 6) is 0. The Bertz CT molecular complexity index is 367. The Kier molecular flexibility index (Phi) is 13.0. The Morgan fingerprint density at radius 1 is 0.864 bits per heavy atom. The molecule has 0 heterocycles. The van der Waals surface area contributed by atoms with Gasteiger partial charge in [0.05, 0.1) is 18.5 Å². The molecule has 139 valence electrons. The first-order valence-corrected chi connectivity index (χ1v) is 11.2. The monoisotopic (exact) mass is 458 g/mol. The van der Waals surface area contributed by atoms with Crippen molar-refractivity contribution in [2.45, 2.75) is 64.8 Å². The second-order valence-electron chi connectivity index (χ2n) is 5.26. The van der Waals surface area contributed by atoms with Gasteiger partial charge < -0.3 is 0 Å². The summed E-state index contributed by atoms with van der Waals surface area (Å²) in [7, 11) is -8.07. The molecular formula is C13H27AgF3O3PS+. The van der Waals surface area contributed by atoms with E-state index >= 15 is 0 Å².